The average molecular weight is 196 g/mol. The molecule has 0 saturated carbocycles. The highest BCUT2D eigenvalue weighted by Crippen LogP contribution is 2.18. The second-order valence-corrected chi connectivity index (χ2v) is 2.70. The Kier molecular flexibility index (Phi) is 2.68. The minimum atomic E-state index is 0. The molecule has 0 bridgehead atoms. The molecule has 1 aromatic carbocycles. The zero-order valence-electron chi connectivity index (χ0n) is 7.19. The van der Waals surface area contributed by atoms with Crippen molar-refractivity contribution in [1.29, 1.82) is 0 Å². The van der Waals surface area contributed by atoms with E-state index >= 15 is 0 Å². The fourth-order valence-corrected chi connectivity index (χ4v) is 1.37. The monoisotopic (exact) mass is 195 g/mol. The summed E-state index contributed by atoms with van der Waals surface area (Å²) >= 11 is 0. The predicted molar refractivity (Wildman–Crippen MR) is 56.6 cm³/mol. The fraction of sp³-hybridized carbons (Fsp3) is 0.111. The van der Waals surface area contributed by atoms with E-state index in [1.165, 1.54) is 0 Å². The van der Waals surface area contributed by atoms with Crippen LogP contribution in [0.4, 0.5) is 0 Å². The minimum absolute atomic E-state index is 0. The van der Waals surface area contributed by atoms with E-state index in [4.69, 9.17) is 5.84 Å². The van der Waals surface area contributed by atoms with E-state index < -0.39 is 0 Å². The second-order valence-electron chi connectivity index (χ2n) is 2.70. The largest absolute Gasteiger partial charge is 0.321 e. The van der Waals surface area contributed by atoms with Crippen molar-refractivity contribution in [2.45, 2.75) is 6.92 Å². The summed E-state index contributed by atoms with van der Waals surface area (Å²) in [6, 6.07) is 7.93. The summed E-state index contributed by atoms with van der Waals surface area (Å²) in [5.74, 6) is 5.82. The minimum Gasteiger partial charge on any atom is -0.321 e. The van der Waals surface area contributed by atoms with Crippen LogP contribution in [-0.2, 0) is 0 Å². The lowest BCUT2D eigenvalue weighted by atomic mass is 10.1. The molecule has 0 atom stereocenters. The van der Waals surface area contributed by atoms with Gasteiger partial charge < -0.3 is 5.84 Å². The predicted octanol–water partition coefficient (Wildman–Crippen LogP) is 1.55. The molecule has 0 saturated heterocycles. The number of hydrogen-bond acceptors (Lipinski definition) is 2. The first kappa shape index (κ1) is 9.74. The average Bonchev–Trinajstić information content (AvgIpc) is 2.44. The Hall–Kier alpha value is -1.35. The van der Waals surface area contributed by atoms with Crippen molar-refractivity contribution in [3.8, 4) is 0 Å². The Bertz CT molecular complexity index is 382. The van der Waals surface area contributed by atoms with E-state index in [1.54, 1.807) is 0 Å². The van der Waals surface area contributed by atoms with Gasteiger partial charge in [0.1, 0.15) is 0 Å². The van der Waals surface area contributed by atoms with Crippen LogP contribution in [0.25, 0.3) is 0 Å². The second kappa shape index (κ2) is 3.58. The van der Waals surface area contributed by atoms with Crippen LogP contribution in [0.1, 0.15) is 18.1 Å². The van der Waals surface area contributed by atoms with Crippen LogP contribution < -0.4 is 5.84 Å². The lowest BCUT2D eigenvalue weighted by Crippen LogP contribution is -1.97. The van der Waals surface area contributed by atoms with Gasteiger partial charge in [-0.3, -0.25) is 0 Å². The SMILES string of the molecule is CC1=NC(=NN)c2ccccc21.Cl. The molecule has 1 aliphatic rings. The number of rotatable bonds is 0. The fourth-order valence-electron chi connectivity index (χ4n) is 1.37. The summed E-state index contributed by atoms with van der Waals surface area (Å²) in [6.07, 6.45) is 0. The molecular weight excluding hydrogens is 186 g/mol. The molecule has 13 heavy (non-hydrogen) atoms. The molecule has 0 aromatic heterocycles. The molecule has 68 valence electrons. The number of benzene rings is 1. The van der Waals surface area contributed by atoms with Crippen molar-refractivity contribution >= 4 is 24.0 Å². The quantitative estimate of drug-likeness (QED) is 0.496. The van der Waals surface area contributed by atoms with Crippen LogP contribution in [0.15, 0.2) is 34.4 Å². The molecule has 2 rings (SSSR count). The first-order valence-electron chi connectivity index (χ1n) is 3.76. The molecule has 0 aliphatic carbocycles. The summed E-state index contributed by atoms with van der Waals surface area (Å²) in [6.45, 7) is 1.96. The van der Waals surface area contributed by atoms with Crippen LogP contribution in [0.3, 0.4) is 0 Å². The lowest BCUT2D eigenvalue weighted by molar-refractivity contribution is 1.23. The van der Waals surface area contributed by atoms with E-state index in [1.807, 2.05) is 31.2 Å². The molecule has 1 aromatic rings. The van der Waals surface area contributed by atoms with E-state index in [0.717, 1.165) is 16.8 Å². The number of hydrogen-bond donors (Lipinski definition) is 1. The number of fused-ring (bicyclic) bond motifs is 1. The highest BCUT2D eigenvalue weighted by atomic mass is 35.5. The Morgan fingerprint density at radius 3 is 2.46 bits per heavy atom. The maximum absolute atomic E-state index is 5.19. The summed E-state index contributed by atoms with van der Waals surface area (Å²) in [5.41, 5.74) is 3.13. The lowest BCUT2D eigenvalue weighted by Gasteiger charge is -1.95. The van der Waals surface area contributed by atoms with Gasteiger partial charge in [0.05, 0.1) is 0 Å². The van der Waals surface area contributed by atoms with E-state index in [-0.39, 0.29) is 12.4 Å². The molecule has 1 heterocycles. The standard InChI is InChI=1S/C9H9N3.ClH/c1-6-7-4-2-3-5-8(7)9(11-6)12-10;/h2-5H,10H2,1H3;1H. The molecule has 0 fully saturated rings. The first-order chi connectivity index (χ1) is 5.83. The Balaban J connectivity index is 0.000000845. The third-order valence-corrected chi connectivity index (χ3v) is 1.95. The molecule has 3 nitrogen and oxygen atoms in total. The summed E-state index contributed by atoms with van der Waals surface area (Å²) in [5, 5.41) is 3.61. The van der Waals surface area contributed by atoms with Crippen molar-refractivity contribution in [2.75, 3.05) is 0 Å². The van der Waals surface area contributed by atoms with Crippen LogP contribution in [0, 0.1) is 0 Å². The highest BCUT2D eigenvalue weighted by molar-refractivity contribution is 6.22. The summed E-state index contributed by atoms with van der Waals surface area (Å²) < 4.78 is 0. The Labute approximate surface area is 82.8 Å². The van der Waals surface area contributed by atoms with Crippen LogP contribution in [-0.4, -0.2) is 11.5 Å². The molecule has 2 N–H and O–H groups in total. The molecule has 0 unspecified atom stereocenters. The van der Waals surface area contributed by atoms with Gasteiger partial charge in [0, 0.05) is 16.8 Å². The van der Waals surface area contributed by atoms with E-state index in [2.05, 4.69) is 10.1 Å². The number of aliphatic imine (C=N–C) groups is 1. The number of nitrogens with two attached hydrogens (primary N) is 1. The van der Waals surface area contributed by atoms with Crippen molar-refractivity contribution in [2.24, 2.45) is 15.9 Å². The maximum atomic E-state index is 5.19. The third-order valence-electron chi connectivity index (χ3n) is 1.95. The number of halogens is 1. The van der Waals surface area contributed by atoms with Crippen LogP contribution >= 0.6 is 12.4 Å². The van der Waals surface area contributed by atoms with Gasteiger partial charge in [-0.2, -0.15) is 5.10 Å². The van der Waals surface area contributed by atoms with Crippen molar-refractivity contribution < 1.29 is 0 Å². The normalized spacial score (nSPS) is 16.4. The number of hydrazone groups is 1. The molecule has 0 amide bonds. The molecule has 0 radical (unpaired) electrons. The van der Waals surface area contributed by atoms with Gasteiger partial charge in [-0.15, -0.1) is 12.4 Å². The van der Waals surface area contributed by atoms with E-state index in [9.17, 15) is 0 Å². The highest BCUT2D eigenvalue weighted by Gasteiger charge is 2.16. The topological polar surface area (TPSA) is 50.7 Å². The van der Waals surface area contributed by atoms with Crippen molar-refractivity contribution in [1.82, 2.24) is 0 Å². The van der Waals surface area contributed by atoms with Gasteiger partial charge in [-0.05, 0) is 6.92 Å². The molecule has 1 aliphatic heterocycles. The van der Waals surface area contributed by atoms with E-state index in [0.29, 0.717) is 5.84 Å². The molecular formula is C9H10ClN3. The van der Waals surface area contributed by atoms with Gasteiger partial charge in [-0.1, -0.05) is 24.3 Å². The van der Waals surface area contributed by atoms with Crippen LogP contribution in [0.5, 0.6) is 0 Å². The van der Waals surface area contributed by atoms with Crippen molar-refractivity contribution in [3.05, 3.63) is 35.4 Å². The van der Waals surface area contributed by atoms with Gasteiger partial charge in [0.15, 0.2) is 5.84 Å². The van der Waals surface area contributed by atoms with Gasteiger partial charge in [0.2, 0.25) is 0 Å². The smallest absolute Gasteiger partial charge is 0.179 e. The van der Waals surface area contributed by atoms with Gasteiger partial charge in [-0.25, -0.2) is 4.99 Å². The summed E-state index contributed by atoms with van der Waals surface area (Å²) in [4.78, 5) is 4.22. The third kappa shape index (κ3) is 1.42. The number of amidine groups is 1. The first-order valence-corrected chi connectivity index (χ1v) is 3.76. The van der Waals surface area contributed by atoms with Crippen LogP contribution in [0.2, 0.25) is 0 Å². The van der Waals surface area contributed by atoms with Gasteiger partial charge >= 0.3 is 0 Å². The molecule has 0 spiro atoms. The van der Waals surface area contributed by atoms with Crippen molar-refractivity contribution in [3.63, 3.8) is 0 Å². The Morgan fingerprint density at radius 2 is 1.85 bits per heavy atom. The maximum Gasteiger partial charge on any atom is 0.179 e. The zero-order valence-corrected chi connectivity index (χ0v) is 8.01. The zero-order chi connectivity index (χ0) is 8.55. The Morgan fingerprint density at radius 1 is 1.23 bits per heavy atom. The molecule has 4 heteroatoms. The van der Waals surface area contributed by atoms with Gasteiger partial charge in [0.25, 0.3) is 0 Å². The summed E-state index contributed by atoms with van der Waals surface area (Å²) in [7, 11) is 0. The number of nitrogens with zero attached hydrogens (tertiary/aromatic N) is 2.